The summed E-state index contributed by atoms with van der Waals surface area (Å²) in [6.45, 7) is 3.28. The zero-order valence-electron chi connectivity index (χ0n) is 12.0. The Balaban J connectivity index is 1.71. The van der Waals surface area contributed by atoms with Crippen LogP contribution in [0.5, 0.6) is 5.75 Å². The third kappa shape index (κ3) is 4.87. The van der Waals surface area contributed by atoms with Crippen molar-refractivity contribution in [1.82, 2.24) is 4.90 Å². The zero-order valence-corrected chi connectivity index (χ0v) is 14.3. The number of carbonyl (C=O) groups excluding carboxylic acids is 1. The number of hydrogen-bond acceptors (Lipinski definition) is 4. The van der Waals surface area contributed by atoms with Crippen LogP contribution < -0.4 is 4.74 Å². The number of ether oxygens (including phenoxy) is 2. The summed E-state index contributed by atoms with van der Waals surface area (Å²) in [5.41, 5.74) is 0. The van der Waals surface area contributed by atoms with Crippen LogP contribution in [0.25, 0.3) is 0 Å². The van der Waals surface area contributed by atoms with Gasteiger partial charge in [0.05, 0.1) is 17.5 Å². The fourth-order valence-corrected chi connectivity index (χ4v) is 3.23. The maximum absolute atomic E-state index is 11.5. The quantitative estimate of drug-likeness (QED) is 0.739. The molecule has 1 aromatic rings. The van der Waals surface area contributed by atoms with E-state index in [0.29, 0.717) is 11.6 Å². The first-order valence-electron chi connectivity index (χ1n) is 6.98. The summed E-state index contributed by atoms with van der Waals surface area (Å²) in [6, 6.07) is 5.48. The number of rotatable bonds is 5. The minimum atomic E-state index is -0.0870. The van der Waals surface area contributed by atoms with Crippen LogP contribution in [-0.2, 0) is 9.53 Å². The van der Waals surface area contributed by atoms with Gasteiger partial charge in [0, 0.05) is 11.6 Å². The van der Waals surface area contributed by atoms with Gasteiger partial charge in [0.25, 0.3) is 0 Å². The van der Waals surface area contributed by atoms with Gasteiger partial charge < -0.3 is 9.47 Å². The van der Waals surface area contributed by atoms with Crippen molar-refractivity contribution in [2.24, 2.45) is 5.92 Å². The summed E-state index contributed by atoms with van der Waals surface area (Å²) in [7, 11) is 1.45. The van der Waals surface area contributed by atoms with Crippen LogP contribution in [-0.4, -0.2) is 44.2 Å². The van der Waals surface area contributed by atoms with Crippen molar-refractivity contribution in [3.8, 4) is 5.75 Å². The molecular formula is C15H19BrClNO3. The summed E-state index contributed by atoms with van der Waals surface area (Å²) in [6.07, 6.45) is 1.72. The largest absolute Gasteiger partial charge is 0.491 e. The highest BCUT2D eigenvalue weighted by Gasteiger charge is 2.25. The molecule has 21 heavy (non-hydrogen) atoms. The minimum Gasteiger partial charge on any atom is -0.491 e. The summed E-state index contributed by atoms with van der Waals surface area (Å²) >= 11 is 9.32. The molecule has 2 rings (SSSR count). The highest BCUT2D eigenvalue weighted by atomic mass is 79.9. The number of likely N-dealkylation sites (tertiary alicyclic amines) is 1. The molecule has 0 aromatic heterocycles. The Morgan fingerprint density at radius 3 is 2.76 bits per heavy atom. The van der Waals surface area contributed by atoms with Crippen molar-refractivity contribution in [1.29, 1.82) is 0 Å². The summed E-state index contributed by atoms with van der Waals surface area (Å²) in [4.78, 5) is 13.8. The van der Waals surface area contributed by atoms with Gasteiger partial charge in [0.2, 0.25) is 0 Å². The predicted octanol–water partition coefficient (Wildman–Crippen LogP) is 3.37. The van der Waals surface area contributed by atoms with E-state index < -0.39 is 0 Å². The Bertz CT molecular complexity index is 490. The van der Waals surface area contributed by atoms with E-state index in [1.807, 2.05) is 18.2 Å². The van der Waals surface area contributed by atoms with Crippen LogP contribution in [0.3, 0.4) is 0 Å². The molecule has 0 spiro atoms. The highest BCUT2D eigenvalue weighted by Crippen LogP contribution is 2.28. The second kappa shape index (κ2) is 8.01. The lowest BCUT2D eigenvalue weighted by Gasteiger charge is -2.30. The van der Waals surface area contributed by atoms with E-state index in [1.165, 1.54) is 7.11 Å². The van der Waals surface area contributed by atoms with E-state index in [0.717, 1.165) is 42.7 Å². The number of esters is 1. The van der Waals surface area contributed by atoms with Gasteiger partial charge >= 0.3 is 5.97 Å². The van der Waals surface area contributed by atoms with Crippen molar-refractivity contribution < 1.29 is 14.3 Å². The van der Waals surface area contributed by atoms with Crippen LogP contribution in [0, 0.1) is 5.92 Å². The Labute approximate surface area is 138 Å². The van der Waals surface area contributed by atoms with Crippen LogP contribution >= 0.6 is 27.5 Å². The van der Waals surface area contributed by atoms with Gasteiger partial charge in [0.15, 0.2) is 0 Å². The molecule has 1 saturated heterocycles. The van der Waals surface area contributed by atoms with Crippen molar-refractivity contribution in [3.05, 3.63) is 27.7 Å². The average molecular weight is 377 g/mol. The fraction of sp³-hybridized carbons (Fsp3) is 0.533. The maximum Gasteiger partial charge on any atom is 0.308 e. The van der Waals surface area contributed by atoms with Crippen LogP contribution in [0.2, 0.25) is 5.02 Å². The molecule has 0 radical (unpaired) electrons. The van der Waals surface area contributed by atoms with Crippen molar-refractivity contribution in [2.75, 3.05) is 33.4 Å². The second-order valence-corrected chi connectivity index (χ2v) is 6.35. The summed E-state index contributed by atoms with van der Waals surface area (Å²) in [5.74, 6) is 0.761. The van der Waals surface area contributed by atoms with Gasteiger partial charge in [-0.1, -0.05) is 11.6 Å². The molecule has 1 heterocycles. The fourth-order valence-electron chi connectivity index (χ4n) is 2.44. The van der Waals surface area contributed by atoms with E-state index in [9.17, 15) is 4.79 Å². The minimum absolute atomic E-state index is 0.0533. The Morgan fingerprint density at radius 1 is 1.43 bits per heavy atom. The molecule has 6 heteroatoms. The topological polar surface area (TPSA) is 38.8 Å². The van der Waals surface area contributed by atoms with Gasteiger partial charge in [-0.2, -0.15) is 0 Å². The number of piperidine rings is 1. The highest BCUT2D eigenvalue weighted by molar-refractivity contribution is 9.10. The molecule has 0 aliphatic carbocycles. The van der Waals surface area contributed by atoms with E-state index >= 15 is 0 Å². The Morgan fingerprint density at radius 2 is 2.14 bits per heavy atom. The lowest BCUT2D eigenvalue weighted by atomic mass is 9.97. The molecule has 1 aliphatic heterocycles. The third-order valence-electron chi connectivity index (χ3n) is 3.68. The van der Waals surface area contributed by atoms with Crippen molar-refractivity contribution in [3.63, 3.8) is 0 Å². The van der Waals surface area contributed by atoms with Crippen LogP contribution in [0.1, 0.15) is 12.8 Å². The number of methoxy groups -OCH3 is 1. The molecule has 116 valence electrons. The second-order valence-electron chi connectivity index (χ2n) is 5.06. The molecule has 0 N–H and O–H groups in total. The number of benzene rings is 1. The van der Waals surface area contributed by atoms with Gasteiger partial charge in [-0.3, -0.25) is 9.69 Å². The van der Waals surface area contributed by atoms with E-state index in [4.69, 9.17) is 21.1 Å². The molecular weight excluding hydrogens is 358 g/mol. The lowest BCUT2D eigenvalue weighted by Crippen LogP contribution is -2.38. The molecule has 0 unspecified atom stereocenters. The molecule has 1 aromatic carbocycles. The van der Waals surface area contributed by atoms with Gasteiger partial charge in [0.1, 0.15) is 12.4 Å². The SMILES string of the molecule is COC(=O)C1CCN(CCOc2ccc(Cl)cc2Br)CC1. The monoisotopic (exact) mass is 375 g/mol. The van der Waals surface area contributed by atoms with E-state index in [1.54, 1.807) is 0 Å². The van der Waals surface area contributed by atoms with Gasteiger partial charge in [-0.25, -0.2) is 0 Å². The summed E-state index contributed by atoms with van der Waals surface area (Å²) in [5, 5.41) is 0.680. The first kappa shape index (κ1) is 16.6. The number of carbonyl (C=O) groups is 1. The molecule has 1 fully saturated rings. The number of nitrogens with zero attached hydrogens (tertiary/aromatic N) is 1. The predicted molar refractivity (Wildman–Crippen MR) is 85.8 cm³/mol. The lowest BCUT2D eigenvalue weighted by molar-refractivity contribution is -0.147. The molecule has 0 saturated carbocycles. The van der Waals surface area contributed by atoms with Gasteiger partial charge in [-0.05, 0) is 60.1 Å². The first-order valence-corrected chi connectivity index (χ1v) is 8.15. The number of halogens is 2. The zero-order chi connectivity index (χ0) is 15.2. The smallest absolute Gasteiger partial charge is 0.308 e. The van der Waals surface area contributed by atoms with E-state index in [-0.39, 0.29) is 11.9 Å². The van der Waals surface area contributed by atoms with E-state index in [2.05, 4.69) is 20.8 Å². The van der Waals surface area contributed by atoms with Crippen molar-refractivity contribution >= 4 is 33.5 Å². The summed E-state index contributed by atoms with van der Waals surface area (Å²) < 4.78 is 11.4. The normalized spacial score (nSPS) is 16.7. The standard InChI is InChI=1S/C15H19BrClNO3/c1-20-15(19)11-4-6-18(7-5-11)8-9-21-14-3-2-12(17)10-13(14)16/h2-3,10-11H,4-9H2,1H3. The van der Waals surface area contributed by atoms with Crippen LogP contribution in [0.15, 0.2) is 22.7 Å². The number of hydrogen-bond donors (Lipinski definition) is 0. The maximum atomic E-state index is 11.5. The first-order chi connectivity index (χ1) is 10.1. The molecule has 0 bridgehead atoms. The Kier molecular flexibility index (Phi) is 6.33. The third-order valence-corrected chi connectivity index (χ3v) is 4.54. The Hall–Kier alpha value is -0.780. The average Bonchev–Trinajstić information content (AvgIpc) is 2.49. The van der Waals surface area contributed by atoms with Crippen LogP contribution in [0.4, 0.5) is 0 Å². The molecule has 0 atom stereocenters. The molecule has 0 amide bonds. The van der Waals surface area contributed by atoms with Crippen molar-refractivity contribution in [2.45, 2.75) is 12.8 Å². The molecule has 4 nitrogen and oxygen atoms in total. The molecule has 1 aliphatic rings. The van der Waals surface area contributed by atoms with Gasteiger partial charge in [-0.15, -0.1) is 0 Å².